The van der Waals surface area contributed by atoms with Gasteiger partial charge in [0, 0.05) is 56.1 Å². The fourth-order valence-electron chi connectivity index (χ4n) is 17.3. The van der Waals surface area contributed by atoms with Gasteiger partial charge < -0.3 is 19.1 Å². The van der Waals surface area contributed by atoms with Crippen LogP contribution < -0.4 is 31.1 Å². The van der Waals surface area contributed by atoms with Crippen molar-refractivity contribution in [3.05, 3.63) is 239 Å². The van der Waals surface area contributed by atoms with Crippen molar-refractivity contribution in [2.24, 2.45) is 0 Å². The van der Waals surface area contributed by atoms with E-state index in [0.29, 0.717) is 0 Å². The van der Waals surface area contributed by atoms with Gasteiger partial charge in [-0.2, -0.15) is 0 Å². The largest absolute Gasteiger partial charge is 0.456 e. The van der Waals surface area contributed by atoms with Crippen molar-refractivity contribution in [1.29, 1.82) is 0 Å². The van der Waals surface area contributed by atoms with E-state index < -0.39 is 0 Å². The summed E-state index contributed by atoms with van der Waals surface area (Å²) in [6.45, 7) is 42.9. The first-order valence-electron chi connectivity index (χ1n) is 33.8. The molecule has 462 valence electrons. The normalized spacial score (nSPS) is 16.6. The average molecular weight is 1200 g/mol. The van der Waals surface area contributed by atoms with Crippen LogP contribution in [0, 0.1) is 6.92 Å². The minimum Gasteiger partial charge on any atom is -0.456 e. The molecule has 10 aromatic carbocycles. The Morgan fingerprint density at radius 1 is 0.380 bits per heavy atom. The van der Waals surface area contributed by atoms with Crippen molar-refractivity contribution in [2.45, 2.75) is 175 Å². The van der Waals surface area contributed by atoms with E-state index in [4.69, 9.17) is 4.42 Å². The van der Waals surface area contributed by atoms with Crippen molar-refractivity contribution in [1.82, 2.24) is 0 Å². The van der Waals surface area contributed by atoms with Gasteiger partial charge in [0.25, 0.3) is 6.71 Å². The van der Waals surface area contributed by atoms with E-state index in [0.717, 1.165) is 63.0 Å². The maximum atomic E-state index is 6.66. The van der Waals surface area contributed by atoms with E-state index in [9.17, 15) is 0 Å². The molecule has 2 aliphatic carbocycles. The van der Waals surface area contributed by atoms with Crippen LogP contribution in [0.15, 0.2) is 199 Å². The highest BCUT2D eigenvalue weighted by Gasteiger charge is 2.50. The second-order valence-corrected chi connectivity index (χ2v) is 33.4. The van der Waals surface area contributed by atoms with Crippen molar-refractivity contribution in [3.8, 4) is 22.3 Å². The summed E-state index contributed by atoms with van der Waals surface area (Å²) in [5, 5.41) is 2.27. The van der Waals surface area contributed by atoms with Gasteiger partial charge in [-0.25, -0.2) is 0 Å². The van der Waals surface area contributed by atoms with Crippen LogP contribution in [0.1, 0.15) is 175 Å². The van der Waals surface area contributed by atoms with Gasteiger partial charge in [-0.05, 0) is 214 Å². The van der Waals surface area contributed by atoms with Gasteiger partial charge in [0.1, 0.15) is 11.2 Å². The molecule has 4 nitrogen and oxygen atoms in total. The molecule has 92 heavy (non-hydrogen) atoms. The molecule has 1 aromatic heterocycles. The molecule has 15 rings (SSSR count). The lowest BCUT2D eigenvalue weighted by Gasteiger charge is -2.46. The topological polar surface area (TPSA) is 22.9 Å². The molecule has 3 heterocycles. The van der Waals surface area contributed by atoms with Gasteiger partial charge in [0.2, 0.25) is 0 Å². The number of aryl methyl sites for hydroxylation is 1. The molecule has 0 radical (unpaired) electrons. The van der Waals surface area contributed by atoms with Gasteiger partial charge in [-0.1, -0.05) is 233 Å². The highest BCUT2D eigenvalue weighted by atomic mass is 16.3. The van der Waals surface area contributed by atoms with E-state index in [1.54, 1.807) is 0 Å². The lowest BCUT2D eigenvalue weighted by Crippen LogP contribution is -2.61. The zero-order valence-electron chi connectivity index (χ0n) is 57.7. The number of nitrogens with zero attached hydrogens (tertiary/aromatic N) is 3. The Balaban J connectivity index is 1.12. The first-order valence-corrected chi connectivity index (χ1v) is 33.8. The fourth-order valence-corrected chi connectivity index (χ4v) is 17.3. The third-order valence-corrected chi connectivity index (χ3v) is 21.6. The van der Waals surface area contributed by atoms with Gasteiger partial charge in [-0.3, -0.25) is 0 Å². The lowest BCUT2D eigenvalue weighted by atomic mass is 9.33. The third-order valence-electron chi connectivity index (χ3n) is 21.6. The lowest BCUT2D eigenvalue weighted by molar-refractivity contribution is 0.402. The first kappa shape index (κ1) is 59.8. The number of para-hydroxylation sites is 1. The Bertz CT molecular complexity index is 4760. The summed E-state index contributed by atoms with van der Waals surface area (Å²) in [7, 11) is 0. The smallest absolute Gasteiger partial charge is 0.252 e. The van der Waals surface area contributed by atoms with Crippen molar-refractivity contribution in [2.75, 3.05) is 14.7 Å². The Morgan fingerprint density at radius 2 is 0.880 bits per heavy atom. The van der Waals surface area contributed by atoms with Crippen molar-refractivity contribution >= 4 is 96.2 Å². The summed E-state index contributed by atoms with van der Waals surface area (Å²) in [6.07, 6.45) is 2.14. The second kappa shape index (κ2) is 20.2. The van der Waals surface area contributed by atoms with E-state index >= 15 is 0 Å². The Kier molecular flexibility index (Phi) is 13.1. The standard InChI is InChI=1S/C87H90BN3O/c1-53-43-65-67(86(15,16)51-84(65,11)12)49-72(53)91-73-44-55(62-28-24-30-78-79(62)63-27-22-23-29-77(63)92-78)31-41-69(73)88-70-48-66-68(87(17,18)52-85(66,13)14)50-74(70)90(71-42-36-58(83(8,9)10)45-64(71)54-25-20-19-21-26-54)75-46-61(47-76(91)80(75)88)89(59-37-32-56(33-38-59)81(2,3)4)60-39-34-57(35-40-60)82(5,6)7/h19-50H,51-52H2,1-18H3. The van der Waals surface area contributed by atoms with Crippen LogP contribution in [0.5, 0.6) is 0 Å². The number of furan rings is 1. The molecule has 0 saturated heterocycles. The molecular formula is C87H90BN3O. The Labute approximate surface area is 548 Å². The minimum absolute atomic E-state index is 0.0166. The number of rotatable bonds is 7. The number of hydrogen-bond acceptors (Lipinski definition) is 4. The summed E-state index contributed by atoms with van der Waals surface area (Å²) in [5.74, 6) is 0. The van der Waals surface area contributed by atoms with Gasteiger partial charge in [-0.15, -0.1) is 0 Å². The second-order valence-electron chi connectivity index (χ2n) is 33.4. The minimum atomic E-state index is -0.138. The highest BCUT2D eigenvalue weighted by Crippen LogP contribution is 2.57. The molecule has 0 saturated carbocycles. The summed E-state index contributed by atoms with van der Waals surface area (Å²) in [5.41, 5.74) is 31.6. The fraction of sp³-hybridized carbons (Fsp3) is 0.310. The predicted octanol–water partition coefficient (Wildman–Crippen LogP) is 22.6. The molecule has 4 aliphatic rings. The van der Waals surface area contributed by atoms with Crippen molar-refractivity contribution in [3.63, 3.8) is 0 Å². The number of hydrogen-bond donors (Lipinski definition) is 0. The maximum absolute atomic E-state index is 6.66. The molecule has 0 spiro atoms. The molecule has 0 atom stereocenters. The zero-order chi connectivity index (χ0) is 64.7. The monoisotopic (exact) mass is 1200 g/mol. The van der Waals surface area contributed by atoms with E-state index in [1.165, 1.54) is 106 Å². The summed E-state index contributed by atoms with van der Waals surface area (Å²) >= 11 is 0. The number of anilines is 9. The third kappa shape index (κ3) is 9.43. The van der Waals surface area contributed by atoms with E-state index in [-0.39, 0.29) is 44.6 Å². The van der Waals surface area contributed by atoms with E-state index in [1.807, 2.05) is 0 Å². The van der Waals surface area contributed by atoms with E-state index in [2.05, 4.69) is 333 Å². The van der Waals surface area contributed by atoms with Crippen LogP contribution in [0.4, 0.5) is 51.2 Å². The Morgan fingerprint density at radius 3 is 1.47 bits per heavy atom. The van der Waals surface area contributed by atoms with Crippen LogP contribution in [-0.4, -0.2) is 6.71 Å². The van der Waals surface area contributed by atoms with Crippen LogP contribution in [0.25, 0.3) is 44.2 Å². The summed E-state index contributed by atoms with van der Waals surface area (Å²) in [4.78, 5) is 7.98. The SMILES string of the molecule is Cc1cc2c(cc1N1c3cc(-c4cccc5oc6ccccc6c45)ccc3B3c4cc5c(cc4N(c4ccc(C(C)(C)C)cc4-c4ccccc4)c4cc(N(c6ccc(C(C)(C)C)cc6)c6ccc(C(C)(C)C)cc6)cc1c43)C(C)(C)CC5(C)C)C(C)(C)CC2(C)C. The maximum Gasteiger partial charge on any atom is 0.252 e. The van der Waals surface area contributed by atoms with Crippen LogP contribution in [-0.2, 0) is 37.9 Å². The molecule has 5 heteroatoms. The summed E-state index contributed by atoms with van der Waals surface area (Å²) < 4.78 is 6.66. The van der Waals surface area contributed by atoms with Gasteiger partial charge >= 0.3 is 0 Å². The molecule has 0 bridgehead atoms. The summed E-state index contributed by atoms with van der Waals surface area (Å²) in [6, 6.07) is 75.7. The molecule has 2 aliphatic heterocycles. The predicted molar refractivity (Wildman–Crippen MR) is 395 cm³/mol. The van der Waals surface area contributed by atoms with Crippen LogP contribution >= 0.6 is 0 Å². The zero-order valence-corrected chi connectivity index (χ0v) is 57.7. The van der Waals surface area contributed by atoms with Crippen LogP contribution in [0.2, 0.25) is 0 Å². The number of fused-ring (bicyclic) bond motifs is 9. The molecule has 11 aromatic rings. The van der Waals surface area contributed by atoms with Crippen molar-refractivity contribution < 1.29 is 4.42 Å². The Hall–Kier alpha value is -8.54. The average Bonchev–Trinajstić information content (AvgIpc) is 1.13. The van der Waals surface area contributed by atoms with Gasteiger partial charge in [0.05, 0.1) is 11.4 Å². The quantitative estimate of drug-likeness (QED) is 0.148. The number of benzene rings is 10. The molecule has 0 unspecified atom stereocenters. The molecule has 0 N–H and O–H groups in total. The highest BCUT2D eigenvalue weighted by molar-refractivity contribution is 7.00. The van der Waals surface area contributed by atoms with Crippen LogP contribution in [0.3, 0.4) is 0 Å². The first-order chi connectivity index (χ1) is 43.4. The molecule has 0 fully saturated rings. The molecule has 0 amide bonds. The molecular weight excluding hydrogens is 1110 g/mol. The van der Waals surface area contributed by atoms with Gasteiger partial charge in [0.15, 0.2) is 0 Å².